The fraction of sp³-hybridized carbons (Fsp3) is 0.786. The zero-order chi connectivity index (χ0) is 13.1. The predicted octanol–water partition coefficient (Wildman–Crippen LogP) is 4.17. The Balaban J connectivity index is 2.54. The van der Waals surface area contributed by atoms with Gasteiger partial charge in [-0.15, -0.1) is 11.5 Å². The Morgan fingerprint density at radius 2 is 2.12 bits per heavy atom. The van der Waals surface area contributed by atoms with Gasteiger partial charge in [0.1, 0.15) is 13.9 Å². The zero-order valence-corrected chi connectivity index (χ0v) is 14.0. The van der Waals surface area contributed by atoms with Crippen molar-refractivity contribution in [3.8, 4) is 11.5 Å². The number of carbonyl (C=O) groups is 1. The second kappa shape index (κ2) is 5.71. The van der Waals surface area contributed by atoms with E-state index in [1.165, 1.54) is 0 Å². The Labute approximate surface area is 115 Å². The molecule has 1 aliphatic carbocycles. The first-order chi connectivity index (χ1) is 7.75. The smallest absolute Gasteiger partial charge is 0.147 e. The third-order valence-corrected chi connectivity index (χ3v) is 5.89. The summed E-state index contributed by atoms with van der Waals surface area (Å²) in [6.45, 7) is 9.01. The van der Waals surface area contributed by atoms with Gasteiger partial charge in [-0.3, -0.25) is 4.79 Å². The monoisotopic (exact) mass is 314 g/mol. The molecule has 1 saturated carbocycles. The molecule has 1 aliphatic rings. The Kier molecular flexibility index (Phi) is 5.03. The minimum absolute atomic E-state index is 0.0393. The van der Waals surface area contributed by atoms with Crippen molar-refractivity contribution in [1.82, 2.24) is 0 Å². The number of Topliss-reactive ketones (excluding diaryl/α,β-unsaturated/α-hetero) is 1. The van der Waals surface area contributed by atoms with Gasteiger partial charge in [0.2, 0.25) is 0 Å². The molecule has 0 bridgehead atoms. The largest absolute Gasteiger partial charge is 0.298 e. The van der Waals surface area contributed by atoms with Gasteiger partial charge in [-0.1, -0.05) is 42.5 Å². The summed E-state index contributed by atoms with van der Waals surface area (Å²) in [5, 5.41) is 0. The topological polar surface area (TPSA) is 17.1 Å². The molecule has 0 saturated heterocycles. The standard InChI is InChI=1S/C14H23BrOSi/c1-14(9-5-6-11-17(2,3)4)10-7-8-12(16)13(14)15/h13H,5,7-10H2,1-4H3. The van der Waals surface area contributed by atoms with Gasteiger partial charge in [-0.25, -0.2) is 0 Å². The van der Waals surface area contributed by atoms with Crippen LogP contribution in [0.1, 0.15) is 39.0 Å². The normalized spacial score (nSPS) is 29.7. The van der Waals surface area contributed by atoms with Crippen molar-refractivity contribution in [2.75, 3.05) is 0 Å². The second-order valence-electron chi connectivity index (χ2n) is 6.39. The molecule has 2 unspecified atom stereocenters. The van der Waals surface area contributed by atoms with Crippen LogP contribution in [0.2, 0.25) is 19.6 Å². The summed E-state index contributed by atoms with van der Waals surface area (Å²) in [5.41, 5.74) is 3.51. The molecule has 3 heteroatoms. The second-order valence-corrected chi connectivity index (χ2v) is 12.1. The molecule has 0 aromatic carbocycles. The number of rotatable bonds is 2. The highest BCUT2D eigenvalue weighted by atomic mass is 79.9. The molecule has 0 radical (unpaired) electrons. The number of ketones is 1. The van der Waals surface area contributed by atoms with Gasteiger partial charge in [0.05, 0.1) is 4.83 Å². The number of halogens is 1. The Hall–Kier alpha value is -0.0731. The first-order valence-corrected chi connectivity index (χ1v) is 10.8. The van der Waals surface area contributed by atoms with Gasteiger partial charge in [0.15, 0.2) is 0 Å². The van der Waals surface area contributed by atoms with Crippen LogP contribution in [0, 0.1) is 16.9 Å². The molecule has 0 aliphatic heterocycles. The van der Waals surface area contributed by atoms with E-state index in [0.717, 1.165) is 32.1 Å². The Bertz CT molecular complexity index is 347. The van der Waals surface area contributed by atoms with Crippen LogP contribution in [0.15, 0.2) is 0 Å². The molecular weight excluding hydrogens is 292 g/mol. The van der Waals surface area contributed by atoms with Crippen molar-refractivity contribution >= 4 is 29.8 Å². The SMILES string of the molecule is CC1(CCC#C[Si](C)(C)C)CCCC(=O)C1Br. The lowest BCUT2D eigenvalue weighted by Gasteiger charge is -2.37. The van der Waals surface area contributed by atoms with E-state index in [4.69, 9.17) is 0 Å². The molecule has 0 aromatic rings. The van der Waals surface area contributed by atoms with Crippen LogP contribution in [0.5, 0.6) is 0 Å². The van der Waals surface area contributed by atoms with Gasteiger partial charge < -0.3 is 0 Å². The molecule has 1 fully saturated rings. The highest BCUT2D eigenvalue weighted by Gasteiger charge is 2.39. The van der Waals surface area contributed by atoms with Crippen molar-refractivity contribution in [1.29, 1.82) is 0 Å². The maximum atomic E-state index is 11.7. The quantitative estimate of drug-likeness (QED) is 0.425. The summed E-state index contributed by atoms with van der Waals surface area (Å²) in [6, 6.07) is 0. The lowest BCUT2D eigenvalue weighted by molar-refractivity contribution is -0.122. The fourth-order valence-electron chi connectivity index (χ4n) is 2.24. The van der Waals surface area contributed by atoms with E-state index in [0.29, 0.717) is 5.78 Å². The summed E-state index contributed by atoms with van der Waals surface area (Å²) in [4.78, 5) is 11.8. The zero-order valence-electron chi connectivity index (χ0n) is 11.4. The summed E-state index contributed by atoms with van der Waals surface area (Å²) < 4.78 is 0. The molecule has 0 N–H and O–H groups in total. The molecule has 0 amide bonds. The van der Waals surface area contributed by atoms with E-state index < -0.39 is 8.07 Å². The highest BCUT2D eigenvalue weighted by Crippen LogP contribution is 2.42. The van der Waals surface area contributed by atoms with Gasteiger partial charge >= 0.3 is 0 Å². The molecule has 0 aromatic heterocycles. The van der Waals surface area contributed by atoms with Crippen molar-refractivity contribution in [2.45, 2.75) is 63.5 Å². The first-order valence-electron chi connectivity index (χ1n) is 6.41. The number of hydrogen-bond acceptors (Lipinski definition) is 1. The van der Waals surface area contributed by atoms with Crippen LogP contribution in [0.25, 0.3) is 0 Å². The van der Waals surface area contributed by atoms with Crippen molar-refractivity contribution in [2.24, 2.45) is 5.41 Å². The summed E-state index contributed by atoms with van der Waals surface area (Å²) >= 11 is 3.58. The van der Waals surface area contributed by atoms with Crippen molar-refractivity contribution < 1.29 is 4.79 Å². The molecule has 17 heavy (non-hydrogen) atoms. The lowest BCUT2D eigenvalue weighted by Crippen LogP contribution is -2.38. The number of carbonyl (C=O) groups excluding carboxylic acids is 1. The van der Waals surface area contributed by atoms with E-state index >= 15 is 0 Å². The molecular formula is C14H23BrOSi. The summed E-state index contributed by atoms with van der Waals surface area (Å²) in [6.07, 6.45) is 4.89. The maximum Gasteiger partial charge on any atom is 0.147 e. The van der Waals surface area contributed by atoms with E-state index in [1.807, 2.05) is 0 Å². The highest BCUT2D eigenvalue weighted by molar-refractivity contribution is 9.10. The Morgan fingerprint density at radius 3 is 2.71 bits per heavy atom. The molecule has 96 valence electrons. The average Bonchev–Trinajstić information content (AvgIpc) is 2.20. The molecule has 1 rings (SSSR count). The summed E-state index contributed by atoms with van der Waals surface area (Å²) in [5.74, 6) is 3.68. The van der Waals surface area contributed by atoms with Crippen molar-refractivity contribution in [3.63, 3.8) is 0 Å². The van der Waals surface area contributed by atoms with E-state index in [2.05, 4.69) is 54.0 Å². The lowest BCUT2D eigenvalue weighted by atomic mass is 9.72. The molecule has 1 nitrogen and oxygen atoms in total. The predicted molar refractivity (Wildman–Crippen MR) is 80.0 cm³/mol. The summed E-state index contributed by atoms with van der Waals surface area (Å²) in [7, 11) is -1.24. The fourth-order valence-corrected chi connectivity index (χ4v) is 3.58. The molecule has 0 spiro atoms. The van der Waals surface area contributed by atoms with Crippen LogP contribution < -0.4 is 0 Å². The number of alkyl halides is 1. The van der Waals surface area contributed by atoms with Crippen LogP contribution in [0.4, 0.5) is 0 Å². The van der Waals surface area contributed by atoms with E-state index in [1.54, 1.807) is 0 Å². The van der Waals surface area contributed by atoms with Crippen LogP contribution in [-0.2, 0) is 4.79 Å². The van der Waals surface area contributed by atoms with Crippen LogP contribution in [0.3, 0.4) is 0 Å². The first kappa shape index (κ1) is 15.0. The van der Waals surface area contributed by atoms with E-state index in [9.17, 15) is 4.79 Å². The van der Waals surface area contributed by atoms with Gasteiger partial charge in [-0.2, -0.15) is 0 Å². The van der Waals surface area contributed by atoms with Gasteiger partial charge in [0, 0.05) is 12.8 Å². The maximum absolute atomic E-state index is 11.7. The van der Waals surface area contributed by atoms with Crippen LogP contribution in [-0.4, -0.2) is 18.7 Å². The van der Waals surface area contributed by atoms with Gasteiger partial charge in [0.25, 0.3) is 0 Å². The molecule has 2 atom stereocenters. The Morgan fingerprint density at radius 1 is 1.47 bits per heavy atom. The average molecular weight is 315 g/mol. The van der Waals surface area contributed by atoms with Crippen molar-refractivity contribution in [3.05, 3.63) is 0 Å². The minimum Gasteiger partial charge on any atom is -0.298 e. The molecule has 0 heterocycles. The van der Waals surface area contributed by atoms with Gasteiger partial charge in [-0.05, 0) is 24.7 Å². The number of hydrogen-bond donors (Lipinski definition) is 0. The third-order valence-electron chi connectivity index (χ3n) is 3.35. The van der Waals surface area contributed by atoms with Crippen LogP contribution >= 0.6 is 15.9 Å². The third kappa shape index (κ3) is 4.60. The van der Waals surface area contributed by atoms with E-state index in [-0.39, 0.29) is 10.2 Å². The minimum atomic E-state index is -1.24.